The van der Waals surface area contributed by atoms with Crippen molar-refractivity contribution in [3.05, 3.63) is 89.0 Å². The van der Waals surface area contributed by atoms with Crippen molar-refractivity contribution < 1.29 is 19.1 Å². The minimum Gasteiger partial charge on any atom is -0.495 e. The lowest BCUT2D eigenvalue weighted by molar-refractivity contribution is -0.120. The zero-order valence-electron chi connectivity index (χ0n) is 21.2. The van der Waals surface area contributed by atoms with E-state index in [1.807, 2.05) is 69.3 Å². The van der Waals surface area contributed by atoms with E-state index in [1.165, 1.54) is 18.9 Å². The Morgan fingerprint density at radius 1 is 0.946 bits per heavy atom. The number of hydrogen-bond donors (Lipinski definition) is 2. The van der Waals surface area contributed by atoms with E-state index in [0.29, 0.717) is 29.2 Å². The van der Waals surface area contributed by atoms with Gasteiger partial charge in [-0.3, -0.25) is 14.4 Å². The highest BCUT2D eigenvalue weighted by molar-refractivity contribution is 8.04. The minimum absolute atomic E-state index is 0.0493. The summed E-state index contributed by atoms with van der Waals surface area (Å²) in [4.78, 5) is 41.6. The van der Waals surface area contributed by atoms with Crippen LogP contribution in [-0.2, 0) is 14.4 Å². The quantitative estimate of drug-likeness (QED) is 0.341. The monoisotopic (exact) mass is 515 g/mol. The van der Waals surface area contributed by atoms with E-state index in [-0.39, 0.29) is 22.4 Å². The third-order valence-electron chi connectivity index (χ3n) is 5.61. The Morgan fingerprint density at radius 2 is 1.65 bits per heavy atom. The molecule has 8 heteroatoms. The van der Waals surface area contributed by atoms with Crippen LogP contribution in [0.4, 0.5) is 17.1 Å². The van der Waals surface area contributed by atoms with Gasteiger partial charge in [-0.1, -0.05) is 49.9 Å². The van der Waals surface area contributed by atoms with Crippen LogP contribution in [0.5, 0.6) is 5.75 Å². The van der Waals surface area contributed by atoms with Crippen LogP contribution in [0.25, 0.3) is 0 Å². The van der Waals surface area contributed by atoms with Gasteiger partial charge in [0.25, 0.3) is 11.8 Å². The van der Waals surface area contributed by atoms with Gasteiger partial charge in [0.05, 0.1) is 12.8 Å². The molecule has 0 aromatic heterocycles. The first-order valence-electron chi connectivity index (χ1n) is 11.9. The maximum Gasteiger partial charge on any atom is 0.283 e. The normalized spacial score (nSPS) is 13.4. The van der Waals surface area contributed by atoms with Crippen molar-refractivity contribution in [1.29, 1.82) is 0 Å². The molecule has 3 aromatic carbocycles. The zero-order chi connectivity index (χ0) is 26.5. The van der Waals surface area contributed by atoms with Crippen LogP contribution < -0.4 is 20.3 Å². The lowest BCUT2D eigenvalue weighted by atomic mass is 10.1. The molecule has 3 amide bonds. The summed E-state index contributed by atoms with van der Waals surface area (Å²) in [6.07, 6.45) is 0.437. The van der Waals surface area contributed by atoms with Crippen molar-refractivity contribution in [2.45, 2.75) is 32.1 Å². The number of ether oxygens (including phenoxy) is 1. The number of methoxy groups -OCH3 is 1. The summed E-state index contributed by atoms with van der Waals surface area (Å²) in [5.41, 5.74) is 2.84. The predicted molar refractivity (Wildman–Crippen MR) is 148 cm³/mol. The second kappa shape index (κ2) is 11.3. The number of amides is 3. The minimum atomic E-state index is -0.460. The molecule has 1 heterocycles. The number of para-hydroxylation sites is 1. The first kappa shape index (κ1) is 26.0. The van der Waals surface area contributed by atoms with Crippen molar-refractivity contribution in [3.63, 3.8) is 0 Å². The van der Waals surface area contributed by atoms with E-state index < -0.39 is 11.8 Å². The van der Waals surface area contributed by atoms with E-state index in [1.54, 1.807) is 24.3 Å². The lowest BCUT2D eigenvalue weighted by Crippen LogP contribution is -2.32. The molecule has 1 aliphatic heterocycles. The maximum absolute atomic E-state index is 13.7. The average Bonchev–Trinajstić information content (AvgIpc) is 3.09. The topological polar surface area (TPSA) is 87.7 Å². The molecule has 0 unspecified atom stereocenters. The van der Waals surface area contributed by atoms with Gasteiger partial charge in [-0.05, 0) is 66.9 Å². The molecule has 37 heavy (non-hydrogen) atoms. The van der Waals surface area contributed by atoms with E-state index in [9.17, 15) is 14.4 Å². The molecule has 0 atom stereocenters. The standard InChI is InChI=1S/C29H29N3O4S/c1-18(2)16-25(33)30-21-11-13-22(14-12-21)37-27-26(31-20-8-6-5-7-9-20)28(34)32(29(27)35)23-17-19(3)10-15-24(23)36-4/h5-15,17-18,31H,16H2,1-4H3,(H,30,33). The van der Waals surface area contributed by atoms with Crippen molar-refractivity contribution in [2.75, 3.05) is 22.6 Å². The maximum atomic E-state index is 13.7. The Kier molecular flexibility index (Phi) is 7.98. The number of hydrogen-bond acceptors (Lipinski definition) is 6. The van der Waals surface area contributed by atoms with Gasteiger partial charge in [0.1, 0.15) is 16.4 Å². The molecule has 0 saturated carbocycles. The second-order valence-electron chi connectivity index (χ2n) is 9.09. The molecule has 0 bridgehead atoms. The number of carbonyl (C=O) groups is 3. The molecule has 1 aliphatic rings. The Morgan fingerprint density at radius 3 is 2.30 bits per heavy atom. The van der Waals surface area contributed by atoms with E-state index >= 15 is 0 Å². The van der Waals surface area contributed by atoms with Crippen molar-refractivity contribution in [3.8, 4) is 5.75 Å². The van der Waals surface area contributed by atoms with E-state index in [4.69, 9.17) is 4.74 Å². The Balaban J connectivity index is 1.65. The predicted octanol–water partition coefficient (Wildman–Crippen LogP) is 5.98. The molecular formula is C29H29N3O4S. The first-order chi connectivity index (χ1) is 17.8. The van der Waals surface area contributed by atoms with Gasteiger partial charge in [-0.2, -0.15) is 0 Å². The van der Waals surface area contributed by atoms with Crippen LogP contribution in [0.2, 0.25) is 0 Å². The van der Waals surface area contributed by atoms with Gasteiger partial charge in [0, 0.05) is 22.7 Å². The summed E-state index contributed by atoms with van der Waals surface area (Å²) in [5.74, 6) is -0.256. The fraction of sp³-hybridized carbons (Fsp3) is 0.207. The molecule has 0 aliphatic carbocycles. The first-order valence-corrected chi connectivity index (χ1v) is 12.8. The summed E-state index contributed by atoms with van der Waals surface area (Å²) >= 11 is 1.20. The van der Waals surface area contributed by atoms with Crippen LogP contribution in [0.3, 0.4) is 0 Å². The molecule has 4 rings (SSSR count). The molecule has 190 valence electrons. The number of nitrogens with one attached hydrogen (secondary N) is 2. The van der Waals surface area contributed by atoms with Crippen LogP contribution in [-0.4, -0.2) is 24.8 Å². The number of aryl methyl sites for hydroxylation is 1. The number of anilines is 3. The van der Waals surface area contributed by atoms with Crippen LogP contribution in [0.1, 0.15) is 25.8 Å². The van der Waals surface area contributed by atoms with E-state index in [0.717, 1.165) is 15.4 Å². The van der Waals surface area contributed by atoms with Gasteiger partial charge < -0.3 is 15.4 Å². The van der Waals surface area contributed by atoms with Gasteiger partial charge >= 0.3 is 0 Å². The largest absolute Gasteiger partial charge is 0.495 e. The molecule has 0 saturated heterocycles. The smallest absolute Gasteiger partial charge is 0.283 e. The average molecular weight is 516 g/mol. The molecular weight excluding hydrogens is 486 g/mol. The second-order valence-corrected chi connectivity index (χ2v) is 10.2. The number of thioether (sulfide) groups is 1. The van der Waals surface area contributed by atoms with Crippen molar-refractivity contribution in [1.82, 2.24) is 0 Å². The van der Waals surface area contributed by atoms with E-state index in [2.05, 4.69) is 10.6 Å². The third-order valence-corrected chi connectivity index (χ3v) is 6.70. The number of carbonyl (C=O) groups excluding carboxylic acids is 3. The van der Waals surface area contributed by atoms with Gasteiger partial charge in [0.2, 0.25) is 5.91 Å². The van der Waals surface area contributed by atoms with Gasteiger partial charge in [0.15, 0.2) is 0 Å². The number of imide groups is 1. The summed E-state index contributed by atoms with van der Waals surface area (Å²) in [6.45, 7) is 5.87. The molecule has 2 N–H and O–H groups in total. The van der Waals surface area contributed by atoms with Crippen molar-refractivity contribution >= 4 is 46.5 Å². The fourth-order valence-electron chi connectivity index (χ4n) is 3.88. The van der Waals surface area contributed by atoms with Crippen LogP contribution >= 0.6 is 11.8 Å². The Bertz CT molecular complexity index is 1350. The summed E-state index contributed by atoms with van der Waals surface area (Å²) in [6, 6.07) is 21.8. The molecule has 7 nitrogen and oxygen atoms in total. The fourth-order valence-corrected chi connectivity index (χ4v) is 4.81. The number of rotatable bonds is 9. The summed E-state index contributed by atoms with van der Waals surface area (Å²) in [5, 5.41) is 6.03. The molecule has 3 aromatic rings. The molecule has 0 fully saturated rings. The lowest BCUT2D eigenvalue weighted by Gasteiger charge is -2.19. The molecule has 0 radical (unpaired) electrons. The number of nitrogens with zero attached hydrogens (tertiary/aromatic N) is 1. The van der Waals surface area contributed by atoms with Gasteiger partial charge in [-0.15, -0.1) is 0 Å². The highest BCUT2D eigenvalue weighted by atomic mass is 32.2. The van der Waals surface area contributed by atoms with Gasteiger partial charge in [-0.25, -0.2) is 4.90 Å². The summed E-state index contributed by atoms with van der Waals surface area (Å²) in [7, 11) is 1.51. The Hall–Kier alpha value is -4.04. The zero-order valence-corrected chi connectivity index (χ0v) is 22.0. The highest BCUT2D eigenvalue weighted by Gasteiger charge is 2.41. The highest BCUT2D eigenvalue weighted by Crippen LogP contribution is 2.41. The molecule has 0 spiro atoms. The van der Waals surface area contributed by atoms with Crippen molar-refractivity contribution in [2.24, 2.45) is 5.92 Å². The SMILES string of the molecule is COc1ccc(C)cc1N1C(=O)C(Nc2ccccc2)=C(Sc2ccc(NC(=O)CC(C)C)cc2)C1=O. The third kappa shape index (κ3) is 6.03. The Labute approximate surface area is 220 Å². The van der Waals surface area contributed by atoms with Crippen LogP contribution in [0.15, 0.2) is 88.3 Å². The summed E-state index contributed by atoms with van der Waals surface area (Å²) < 4.78 is 5.46. The van der Waals surface area contributed by atoms with Crippen LogP contribution in [0, 0.1) is 12.8 Å². The number of benzene rings is 3.